The minimum absolute atomic E-state index is 0.0280. The van der Waals surface area contributed by atoms with Crippen LogP contribution < -0.4 is 20.1 Å². The van der Waals surface area contributed by atoms with Gasteiger partial charge in [-0.1, -0.05) is 11.6 Å². The highest BCUT2D eigenvalue weighted by Gasteiger charge is 2.17. The van der Waals surface area contributed by atoms with Gasteiger partial charge in [0.15, 0.2) is 11.5 Å². The van der Waals surface area contributed by atoms with E-state index in [-0.39, 0.29) is 23.7 Å². The van der Waals surface area contributed by atoms with Crippen LogP contribution in [0.5, 0.6) is 11.5 Å². The van der Waals surface area contributed by atoms with E-state index >= 15 is 0 Å². The Morgan fingerprint density at radius 2 is 1.94 bits per heavy atom. The summed E-state index contributed by atoms with van der Waals surface area (Å²) in [6.45, 7) is 4.39. The first-order valence-electron chi connectivity index (χ1n) is 9.86. The molecule has 0 saturated carbocycles. The maximum Gasteiger partial charge on any atom is 0.258 e. The molecule has 0 aliphatic carbocycles. The molecule has 0 bridgehead atoms. The number of fused-ring (bicyclic) bond motifs is 1. The Kier molecular flexibility index (Phi) is 6.86. The van der Waals surface area contributed by atoms with Crippen LogP contribution in [-0.4, -0.2) is 63.0 Å². The Morgan fingerprint density at radius 1 is 1.13 bits per heavy atom. The number of rotatable bonds is 5. The van der Waals surface area contributed by atoms with Gasteiger partial charge in [-0.3, -0.25) is 20.0 Å². The predicted molar refractivity (Wildman–Crippen MR) is 115 cm³/mol. The number of ether oxygens (including phenoxy) is 3. The van der Waals surface area contributed by atoms with Crippen LogP contribution in [0.15, 0.2) is 41.4 Å². The number of morpholine rings is 1. The van der Waals surface area contributed by atoms with Gasteiger partial charge in [0.25, 0.3) is 5.91 Å². The topological polar surface area (TPSA) is 84.4 Å². The lowest BCUT2D eigenvalue weighted by Crippen LogP contribution is -2.39. The van der Waals surface area contributed by atoms with Crippen molar-refractivity contribution < 1.29 is 23.4 Å². The van der Waals surface area contributed by atoms with Gasteiger partial charge < -0.3 is 19.5 Å². The molecule has 2 heterocycles. The fraction of sp³-hybridized carbons (Fsp3) is 0.333. The third-order valence-electron chi connectivity index (χ3n) is 4.84. The van der Waals surface area contributed by atoms with Crippen LogP contribution in [0.25, 0.3) is 0 Å². The van der Waals surface area contributed by atoms with Crippen LogP contribution >= 0.6 is 11.6 Å². The van der Waals surface area contributed by atoms with Crippen LogP contribution in [0, 0.1) is 5.82 Å². The number of anilines is 1. The second-order valence-corrected chi connectivity index (χ2v) is 7.37. The Bertz CT molecular complexity index is 982. The van der Waals surface area contributed by atoms with Gasteiger partial charge in [-0.25, -0.2) is 4.39 Å². The average Bonchev–Trinajstić information content (AvgIpc) is 3.25. The smallest absolute Gasteiger partial charge is 0.258 e. The molecule has 10 heteroatoms. The number of hydrogen-bond acceptors (Lipinski definition) is 6. The summed E-state index contributed by atoms with van der Waals surface area (Å²) in [5.41, 5.74) is 0.895. The number of nitrogens with one attached hydrogen (secondary N) is 2. The Labute approximate surface area is 183 Å². The third-order valence-corrected chi connectivity index (χ3v) is 5.13. The number of hydrogen-bond donors (Lipinski definition) is 2. The maximum absolute atomic E-state index is 13.5. The van der Waals surface area contributed by atoms with Crippen LogP contribution in [0.1, 0.15) is 10.4 Å². The Hall–Kier alpha value is -2.88. The maximum atomic E-state index is 13.5. The molecule has 31 heavy (non-hydrogen) atoms. The summed E-state index contributed by atoms with van der Waals surface area (Å²) in [6.07, 6.45) is 0. The second-order valence-electron chi connectivity index (χ2n) is 6.96. The molecule has 2 N–H and O–H groups in total. The van der Waals surface area contributed by atoms with Gasteiger partial charge in [-0.05, 0) is 36.4 Å². The molecular formula is C21H22ClFN4O4. The zero-order valence-electron chi connectivity index (χ0n) is 16.7. The van der Waals surface area contributed by atoms with Crippen molar-refractivity contribution in [3.05, 3.63) is 52.8 Å². The van der Waals surface area contributed by atoms with Crippen molar-refractivity contribution in [2.24, 2.45) is 4.99 Å². The fourth-order valence-corrected chi connectivity index (χ4v) is 3.35. The number of halogens is 2. The van der Waals surface area contributed by atoms with Crippen molar-refractivity contribution in [2.75, 3.05) is 51.5 Å². The van der Waals surface area contributed by atoms with E-state index in [1.807, 2.05) is 0 Å². The zero-order valence-corrected chi connectivity index (χ0v) is 17.5. The number of aliphatic imine (C=N–C) groups is 1. The molecule has 2 aliphatic rings. The van der Waals surface area contributed by atoms with E-state index in [1.165, 1.54) is 18.2 Å². The van der Waals surface area contributed by atoms with Gasteiger partial charge in [-0.15, -0.1) is 0 Å². The SMILES string of the molecule is O=C(NC(=NCCN1CCOCC1)Nc1ccc(F)c(Cl)c1)c1ccc2c(c1)OCO2. The van der Waals surface area contributed by atoms with Crippen LogP contribution in [-0.2, 0) is 4.74 Å². The number of amides is 1. The fourth-order valence-electron chi connectivity index (χ4n) is 3.17. The highest BCUT2D eigenvalue weighted by Crippen LogP contribution is 2.32. The minimum Gasteiger partial charge on any atom is -0.454 e. The molecule has 2 aliphatic heterocycles. The summed E-state index contributed by atoms with van der Waals surface area (Å²) in [6, 6.07) is 9.13. The molecule has 1 fully saturated rings. The molecule has 8 nitrogen and oxygen atoms in total. The van der Waals surface area contributed by atoms with E-state index in [1.54, 1.807) is 18.2 Å². The summed E-state index contributed by atoms with van der Waals surface area (Å²) in [5.74, 6) is 0.442. The number of guanidine groups is 1. The number of benzene rings is 2. The van der Waals surface area contributed by atoms with E-state index in [0.717, 1.165) is 19.6 Å². The number of carbonyl (C=O) groups is 1. The lowest BCUT2D eigenvalue weighted by atomic mass is 10.2. The molecule has 0 radical (unpaired) electrons. The molecule has 2 aromatic rings. The van der Waals surface area contributed by atoms with E-state index in [2.05, 4.69) is 20.5 Å². The van der Waals surface area contributed by atoms with Crippen LogP contribution in [0.3, 0.4) is 0 Å². The summed E-state index contributed by atoms with van der Waals surface area (Å²) >= 11 is 5.87. The Balaban J connectivity index is 1.46. The molecule has 4 rings (SSSR count). The van der Waals surface area contributed by atoms with Crippen molar-refractivity contribution in [2.45, 2.75) is 0 Å². The van der Waals surface area contributed by atoms with Crippen molar-refractivity contribution in [3.63, 3.8) is 0 Å². The van der Waals surface area contributed by atoms with Gasteiger partial charge in [0.2, 0.25) is 12.8 Å². The third kappa shape index (κ3) is 5.63. The summed E-state index contributed by atoms with van der Waals surface area (Å²) in [5, 5.41) is 5.75. The molecule has 1 amide bonds. The molecular weight excluding hydrogens is 427 g/mol. The average molecular weight is 449 g/mol. The van der Waals surface area contributed by atoms with Crippen molar-refractivity contribution in [1.29, 1.82) is 0 Å². The van der Waals surface area contributed by atoms with Crippen molar-refractivity contribution in [1.82, 2.24) is 10.2 Å². The number of nitrogens with zero attached hydrogens (tertiary/aromatic N) is 2. The highest BCUT2D eigenvalue weighted by molar-refractivity contribution is 6.31. The van der Waals surface area contributed by atoms with E-state index < -0.39 is 5.82 Å². The quantitative estimate of drug-likeness (QED) is 0.540. The van der Waals surface area contributed by atoms with Crippen molar-refractivity contribution >= 4 is 29.2 Å². The second kappa shape index (κ2) is 9.95. The molecule has 0 unspecified atom stereocenters. The molecule has 0 aromatic heterocycles. The predicted octanol–water partition coefficient (Wildman–Crippen LogP) is 2.74. The van der Waals surface area contributed by atoms with Crippen LogP contribution in [0.2, 0.25) is 5.02 Å². The molecule has 0 atom stereocenters. The summed E-state index contributed by atoms with van der Waals surface area (Å²) in [4.78, 5) is 19.5. The van der Waals surface area contributed by atoms with E-state index in [4.69, 9.17) is 25.8 Å². The van der Waals surface area contributed by atoms with Gasteiger partial charge in [0.1, 0.15) is 5.82 Å². The highest BCUT2D eigenvalue weighted by atomic mass is 35.5. The van der Waals surface area contributed by atoms with E-state index in [9.17, 15) is 9.18 Å². The lowest BCUT2D eigenvalue weighted by Gasteiger charge is -2.25. The Morgan fingerprint density at radius 3 is 2.74 bits per heavy atom. The normalized spacial score (nSPS) is 16.3. The zero-order chi connectivity index (χ0) is 21.6. The van der Waals surface area contributed by atoms with Crippen LogP contribution in [0.4, 0.5) is 10.1 Å². The number of carbonyl (C=O) groups excluding carboxylic acids is 1. The molecule has 2 aromatic carbocycles. The van der Waals surface area contributed by atoms with Gasteiger partial charge in [-0.2, -0.15) is 0 Å². The first-order chi connectivity index (χ1) is 15.1. The summed E-state index contributed by atoms with van der Waals surface area (Å²) in [7, 11) is 0. The molecule has 164 valence electrons. The van der Waals surface area contributed by atoms with Gasteiger partial charge in [0, 0.05) is 30.9 Å². The molecule has 1 saturated heterocycles. The molecule has 0 spiro atoms. The van der Waals surface area contributed by atoms with E-state index in [0.29, 0.717) is 42.5 Å². The largest absolute Gasteiger partial charge is 0.454 e. The first kappa shape index (κ1) is 21.4. The van der Waals surface area contributed by atoms with Gasteiger partial charge in [0.05, 0.1) is 24.8 Å². The summed E-state index contributed by atoms with van der Waals surface area (Å²) < 4.78 is 29.4. The first-order valence-corrected chi connectivity index (χ1v) is 10.2. The monoisotopic (exact) mass is 448 g/mol. The minimum atomic E-state index is -0.526. The standard InChI is InChI=1S/C21H22ClFN4O4/c22-16-12-15(2-3-17(16)23)25-21(24-5-6-27-7-9-29-10-8-27)26-20(28)14-1-4-18-19(11-14)31-13-30-18/h1-4,11-12H,5-10,13H2,(H2,24,25,26,28). The van der Waals surface area contributed by atoms with Crippen molar-refractivity contribution in [3.8, 4) is 11.5 Å². The lowest BCUT2D eigenvalue weighted by molar-refractivity contribution is 0.0394. The van der Waals surface area contributed by atoms with Gasteiger partial charge >= 0.3 is 0 Å².